The zero-order valence-corrected chi connectivity index (χ0v) is 21.5. The number of likely N-dealkylation sites (tertiary alicyclic amines) is 1. The summed E-state index contributed by atoms with van der Waals surface area (Å²) in [4.78, 5) is 23.5. The molecule has 198 valence electrons. The second kappa shape index (κ2) is 9.67. The number of methoxy groups -OCH3 is 1. The van der Waals surface area contributed by atoms with E-state index >= 15 is 4.39 Å². The van der Waals surface area contributed by atoms with Gasteiger partial charge in [-0.3, -0.25) is 14.4 Å². The van der Waals surface area contributed by atoms with Gasteiger partial charge in [0, 0.05) is 49.2 Å². The third-order valence-electron chi connectivity index (χ3n) is 7.44. The van der Waals surface area contributed by atoms with E-state index in [1.807, 2.05) is 0 Å². The molecule has 4 aromatic rings. The molecule has 1 N–H and O–H groups in total. The summed E-state index contributed by atoms with van der Waals surface area (Å²) in [5.41, 5.74) is 2.31. The second-order valence-electron chi connectivity index (χ2n) is 9.72. The SMILES string of the molecule is CCN1CC[C@@H]1COc1cnn(C)c1-c1cc2cc(NC(=O)[C@@H]3C[C@@H]3c3cc(OC)ncn3)nn2cc1F. The van der Waals surface area contributed by atoms with Crippen molar-refractivity contribution < 1.29 is 18.7 Å². The first-order chi connectivity index (χ1) is 18.4. The molecule has 2 aliphatic rings. The fourth-order valence-corrected chi connectivity index (χ4v) is 5.07. The topological polar surface area (TPSA) is 112 Å². The van der Waals surface area contributed by atoms with Gasteiger partial charge in [-0.15, -0.1) is 5.10 Å². The first-order valence-corrected chi connectivity index (χ1v) is 12.7. The van der Waals surface area contributed by atoms with E-state index in [9.17, 15) is 4.79 Å². The van der Waals surface area contributed by atoms with Crippen LogP contribution in [0.2, 0.25) is 0 Å². The van der Waals surface area contributed by atoms with Crippen molar-refractivity contribution in [3.05, 3.63) is 48.4 Å². The first kappa shape index (κ1) is 24.3. The Morgan fingerprint density at radius 2 is 2.13 bits per heavy atom. The molecule has 1 aliphatic heterocycles. The van der Waals surface area contributed by atoms with Gasteiger partial charge in [-0.2, -0.15) is 5.10 Å². The summed E-state index contributed by atoms with van der Waals surface area (Å²) in [6.07, 6.45) is 6.12. The van der Waals surface area contributed by atoms with Gasteiger partial charge in [0.15, 0.2) is 17.4 Å². The highest BCUT2D eigenvalue weighted by Gasteiger charge is 2.45. The molecule has 1 saturated heterocycles. The molecule has 3 atom stereocenters. The van der Waals surface area contributed by atoms with Gasteiger partial charge in [0.2, 0.25) is 11.8 Å². The number of likely N-dealkylation sites (N-methyl/N-ethyl adjacent to an activating group) is 1. The lowest BCUT2D eigenvalue weighted by atomic mass is 10.0. The van der Waals surface area contributed by atoms with Crippen LogP contribution in [0.25, 0.3) is 16.8 Å². The lowest BCUT2D eigenvalue weighted by Gasteiger charge is -2.39. The summed E-state index contributed by atoms with van der Waals surface area (Å²) in [7, 11) is 3.30. The Morgan fingerprint density at radius 1 is 1.26 bits per heavy atom. The Hall–Kier alpha value is -4.06. The lowest BCUT2D eigenvalue weighted by Crippen LogP contribution is -2.50. The molecule has 1 aliphatic carbocycles. The largest absolute Gasteiger partial charge is 0.488 e. The van der Waals surface area contributed by atoms with Gasteiger partial charge in [-0.25, -0.2) is 18.9 Å². The zero-order chi connectivity index (χ0) is 26.4. The number of pyridine rings is 1. The molecule has 0 unspecified atom stereocenters. The van der Waals surface area contributed by atoms with E-state index in [0.717, 1.165) is 25.2 Å². The van der Waals surface area contributed by atoms with Crippen LogP contribution >= 0.6 is 0 Å². The molecule has 4 aromatic heterocycles. The molecule has 5 heterocycles. The molecule has 6 rings (SSSR count). The molecule has 0 bridgehead atoms. The van der Waals surface area contributed by atoms with Crippen LogP contribution in [0.3, 0.4) is 0 Å². The maximum atomic E-state index is 15.3. The van der Waals surface area contributed by atoms with Crippen LogP contribution in [0, 0.1) is 11.7 Å². The van der Waals surface area contributed by atoms with E-state index in [0.29, 0.717) is 53.3 Å². The zero-order valence-electron chi connectivity index (χ0n) is 21.5. The molecule has 0 radical (unpaired) electrons. The van der Waals surface area contributed by atoms with Crippen molar-refractivity contribution in [3.8, 4) is 22.9 Å². The Morgan fingerprint density at radius 3 is 2.89 bits per heavy atom. The van der Waals surface area contributed by atoms with E-state index < -0.39 is 5.82 Å². The van der Waals surface area contributed by atoms with Crippen LogP contribution in [0.1, 0.15) is 31.4 Å². The quantitative estimate of drug-likeness (QED) is 0.359. The van der Waals surface area contributed by atoms with Gasteiger partial charge in [-0.05, 0) is 25.5 Å². The van der Waals surface area contributed by atoms with Crippen LogP contribution in [0.4, 0.5) is 10.2 Å². The number of hydrogen-bond donors (Lipinski definition) is 1. The number of halogens is 1. The summed E-state index contributed by atoms with van der Waals surface area (Å²) in [5, 5.41) is 11.5. The van der Waals surface area contributed by atoms with Crippen LogP contribution in [0.15, 0.2) is 36.9 Å². The standard InChI is InChI=1S/C26H29FN8O3/c1-4-34-6-5-15(34)13-38-22-11-30-33(2)25(22)19-7-16-8-23(32-35(16)12-20(19)27)31-26(36)18-9-17(18)21-10-24(37-3)29-14-28-21/h7-8,10-12,14-15,17-18H,4-6,9,13H2,1-3H3,(H,31,32,36)/t15-,17+,18-/m1/s1. The number of anilines is 1. The number of hydrogen-bond acceptors (Lipinski definition) is 8. The summed E-state index contributed by atoms with van der Waals surface area (Å²) >= 11 is 0. The highest BCUT2D eigenvalue weighted by molar-refractivity contribution is 5.95. The molecule has 12 heteroatoms. The molecular weight excluding hydrogens is 491 g/mol. The number of aromatic nitrogens is 6. The van der Waals surface area contributed by atoms with Gasteiger partial charge in [-0.1, -0.05) is 6.92 Å². The molecule has 0 spiro atoms. The monoisotopic (exact) mass is 520 g/mol. The number of nitrogens with zero attached hydrogens (tertiary/aromatic N) is 7. The highest BCUT2D eigenvalue weighted by Crippen LogP contribution is 2.47. The number of carbonyl (C=O) groups excluding carboxylic acids is 1. The third-order valence-corrected chi connectivity index (χ3v) is 7.44. The van der Waals surface area contributed by atoms with Crippen molar-refractivity contribution in [2.75, 3.05) is 32.1 Å². The second-order valence-corrected chi connectivity index (χ2v) is 9.72. The van der Waals surface area contributed by atoms with Crippen LogP contribution in [-0.2, 0) is 11.8 Å². The Kier molecular flexibility index (Phi) is 6.18. The number of rotatable bonds is 9. The molecular formula is C26H29FN8O3. The van der Waals surface area contributed by atoms with Crippen molar-refractivity contribution >= 4 is 17.2 Å². The van der Waals surface area contributed by atoms with Gasteiger partial charge in [0.1, 0.15) is 18.6 Å². The Bertz CT molecular complexity index is 1500. The average molecular weight is 521 g/mol. The molecule has 38 heavy (non-hydrogen) atoms. The van der Waals surface area contributed by atoms with Crippen molar-refractivity contribution in [1.29, 1.82) is 0 Å². The van der Waals surface area contributed by atoms with Gasteiger partial charge >= 0.3 is 0 Å². The van der Waals surface area contributed by atoms with Crippen LogP contribution < -0.4 is 14.8 Å². The van der Waals surface area contributed by atoms with E-state index in [1.54, 1.807) is 36.1 Å². The van der Waals surface area contributed by atoms with Gasteiger partial charge in [0.05, 0.1) is 30.7 Å². The summed E-state index contributed by atoms with van der Waals surface area (Å²) in [6, 6.07) is 5.52. The molecule has 11 nitrogen and oxygen atoms in total. The van der Waals surface area contributed by atoms with E-state index in [4.69, 9.17) is 9.47 Å². The Balaban J connectivity index is 1.18. The first-order valence-electron chi connectivity index (χ1n) is 12.7. The number of nitrogens with one attached hydrogen (secondary N) is 1. The van der Waals surface area contributed by atoms with Crippen molar-refractivity contribution in [1.82, 2.24) is 34.3 Å². The minimum absolute atomic E-state index is 0.000539. The lowest BCUT2D eigenvalue weighted by molar-refractivity contribution is -0.117. The molecule has 1 saturated carbocycles. The van der Waals surface area contributed by atoms with Crippen molar-refractivity contribution in [2.45, 2.75) is 31.7 Å². The maximum absolute atomic E-state index is 15.3. The fraction of sp³-hybridized carbons (Fsp3) is 0.423. The molecule has 2 fully saturated rings. The maximum Gasteiger partial charge on any atom is 0.229 e. The fourth-order valence-electron chi connectivity index (χ4n) is 5.07. The van der Waals surface area contributed by atoms with Gasteiger partial charge in [0.25, 0.3) is 0 Å². The smallest absolute Gasteiger partial charge is 0.229 e. The third kappa shape index (κ3) is 4.44. The molecule has 0 aromatic carbocycles. The number of carbonyl (C=O) groups is 1. The Labute approximate surface area is 218 Å². The number of ether oxygens (including phenoxy) is 2. The van der Waals surface area contributed by atoms with Crippen LogP contribution in [-0.4, -0.2) is 73.0 Å². The highest BCUT2D eigenvalue weighted by atomic mass is 19.1. The predicted molar refractivity (Wildman–Crippen MR) is 137 cm³/mol. The van der Waals surface area contributed by atoms with Crippen molar-refractivity contribution in [3.63, 3.8) is 0 Å². The van der Waals surface area contributed by atoms with E-state index in [1.165, 1.54) is 24.1 Å². The van der Waals surface area contributed by atoms with Crippen molar-refractivity contribution in [2.24, 2.45) is 13.0 Å². The summed E-state index contributed by atoms with van der Waals surface area (Å²) < 4.78 is 29.5. The van der Waals surface area contributed by atoms with E-state index in [-0.39, 0.29) is 17.7 Å². The number of amides is 1. The van der Waals surface area contributed by atoms with E-state index in [2.05, 4.69) is 37.3 Å². The number of aryl methyl sites for hydroxylation is 1. The summed E-state index contributed by atoms with van der Waals surface area (Å²) in [5.74, 6) is 0.506. The van der Waals surface area contributed by atoms with Gasteiger partial charge < -0.3 is 14.8 Å². The average Bonchev–Trinajstić information content (AvgIpc) is 3.50. The minimum Gasteiger partial charge on any atom is -0.488 e. The predicted octanol–water partition coefficient (Wildman–Crippen LogP) is 2.89. The van der Waals surface area contributed by atoms with Crippen LogP contribution in [0.5, 0.6) is 11.6 Å². The molecule has 1 amide bonds. The normalized spacial score (nSPS) is 20.8. The summed E-state index contributed by atoms with van der Waals surface area (Å²) in [6.45, 7) is 4.72. The minimum atomic E-state index is -0.467. The number of fused-ring (bicyclic) bond motifs is 1.